The smallest absolute Gasteiger partial charge is 0.227 e. The molecule has 0 saturated carbocycles. The highest BCUT2D eigenvalue weighted by Crippen LogP contribution is 2.30. The molecule has 0 aliphatic carbocycles. The van der Waals surface area contributed by atoms with Crippen molar-refractivity contribution in [1.82, 2.24) is 10.6 Å². The second-order valence-electron chi connectivity index (χ2n) is 5.35. The van der Waals surface area contributed by atoms with E-state index >= 15 is 0 Å². The van der Waals surface area contributed by atoms with Crippen molar-refractivity contribution < 1.29 is 4.79 Å². The Bertz CT molecular complexity index is 220. The number of rotatable bonds is 5. The minimum absolute atomic E-state index is 0.144. The minimum Gasteiger partial charge on any atom is -0.356 e. The van der Waals surface area contributed by atoms with Crippen LogP contribution in [0.1, 0.15) is 46.5 Å². The van der Waals surface area contributed by atoms with Crippen LogP contribution in [0.3, 0.4) is 0 Å². The van der Waals surface area contributed by atoms with E-state index in [1.54, 1.807) is 0 Å². The van der Waals surface area contributed by atoms with Crippen LogP contribution in [-0.2, 0) is 4.79 Å². The van der Waals surface area contributed by atoms with E-state index in [0.717, 1.165) is 45.3 Å². The molecule has 1 amide bonds. The summed E-state index contributed by atoms with van der Waals surface area (Å²) in [7, 11) is 0. The maximum atomic E-state index is 12.2. The molecule has 0 bridgehead atoms. The van der Waals surface area contributed by atoms with E-state index in [4.69, 9.17) is 0 Å². The van der Waals surface area contributed by atoms with E-state index in [1.807, 2.05) is 0 Å². The zero-order valence-electron chi connectivity index (χ0n) is 10.9. The molecular weight excluding hydrogens is 200 g/mol. The van der Waals surface area contributed by atoms with Gasteiger partial charge in [-0.1, -0.05) is 20.8 Å². The van der Waals surface area contributed by atoms with Gasteiger partial charge < -0.3 is 10.6 Å². The van der Waals surface area contributed by atoms with Crippen LogP contribution >= 0.6 is 0 Å². The molecule has 1 fully saturated rings. The maximum Gasteiger partial charge on any atom is 0.227 e. The number of piperidine rings is 1. The van der Waals surface area contributed by atoms with Gasteiger partial charge >= 0.3 is 0 Å². The summed E-state index contributed by atoms with van der Waals surface area (Å²) in [4.78, 5) is 12.2. The van der Waals surface area contributed by atoms with E-state index in [-0.39, 0.29) is 11.3 Å². The highest BCUT2D eigenvalue weighted by Gasteiger charge is 2.37. The molecule has 94 valence electrons. The Balaban J connectivity index is 2.42. The van der Waals surface area contributed by atoms with E-state index in [1.165, 1.54) is 0 Å². The Morgan fingerprint density at radius 2 is 2.25 bits per heavy atom. The highest BCUT2D eigenvalue weighted by molar-refractivity contribution is 5.82. The van der Waals surface area contributed by atoms with Gasteiger partial charge in [-0.25, -0.2) is 0 Å². The SMILES string of the molecule is CCC1(C(=O)NCCC(C)C)CCCNC1. The van der Waals surface area contributed by atoms with E-state index in [0.29, 0.717) is 5.92 Å². The van der Waals surface area contributed by atoms with E-state index in [9.17, 15) is 4.79 Å². The van der Waals surface area contributed by atoms with E-state index < -0.39 is 0 Å². The van der Waals surface area contributed by atoms with Crippen LogP contribution < -0.4 is 10.6 Å². The number of amides is 1. The zero-order valence-corrected chi connectivity index (χ0v) is 10.9. The van der Waals surface area contributed by atoms with E-state index in [2.05, 4.69) is 31.4 Å². The van der Waals surface area contributed by atoms with Gasteiger partial charge in [-0.15, -0.1) is 0 Å². The van der Waals surface area contributed by atoms with Gasteiger partial charge in [0.25, 0.3) is 0 Å². The molecule has 1 heterocycles. The molecule has 0 aromatic rings. The first-order valence-electron chi connectivity index (χ1n) is 6.60. The third-order valence-electron chi connectivity index (χ3n) is 3.64. The van der Waals surface area contributed by atoms with Crippen molar-refractivity contribution in [3.05, 3.63) is 0 Å². The largest absolute Gasteiger partial charge is 0.356 e. The number of carbonyl (C=O) groups is 1. The highest BCUT2D eigenvalue weighted by atomic mass is 16.2. The number of nitrogens with one attached hydrogen (secondary N) is 2. The van der Waals surface area contributed by atoms with Crippen LogP contribution in [0.2, 0.25) is 0 Å². The van der Waals surface area contributed by atoms with Crippen molar-refractivity contribution in [2.24, 2.45) is 11.3 Å². The lowest BCUT2D eigenvalue weighted by Crippen LogP contribution is -2.50. The van der Waals surface area contributed by atoms with Crippen LogP contribution in [0.25, 0.3) is 0 Å². The molecule has 1 aliphatic heterocycles. The average Bonchev–Trinajstić information content (AvgIpc) is 2.29. The fourth-order valence-corrected chi connectivity index (χ4v) is 2.29. The van der Waals surface area contributed by atoms with Gasteiger partial charge in [0.15, 0.2) is 0 Å². The average molecular weight is 226 g/mol. The predicted octanol–water partition coefficient (Wildman–Crippen LogP) is 1.93. The molecule has 1 atom stereocenters. The molecule has 2 N–H and O–H groups in total. The summed E-state index contributed by atoms with van der Waals surface area (Å²) >= 11 is 0. The summed E-state index contributed by atoms with van der Waals surface area (Å²) in [6.07, 6.45) is 4.15. The number of hydrogen-bond donors (Lipinski definition) is 2. The van der Waals surface area contributed by atoms with Gasteiger partial charge in [-0.3, -0.25) is 4.79 Å². The standard InChI is InChI=1S/C13H26N2O/c1-4-13(7-5-8-14-10-13)12(16)15-9-6-11(2)3/h11,14H,4-10H2,1-3H3,(H,15,16). The molecule has 0 spiro atoms. The van der Waals surface area contributed by atoms with Crippen LogP contribution in [-0.4, -0.2) is 25.5 Å². The monoisotopic (exact) mass is 226 g/mol. The summed E-state index contributed by atoms with van der Waals surface area (Å²) in [6, 6.07) is 0. The first-order chi connectivity index (χ1) is 7.60. The van der Waals surface area contributed by atoms with Crippen molar-refractivity contribution >= 4 is 5.91 Å². The topological polar surface area (TPSA) is 41.1 Å². The third kappa shape index (κ3) is 3.48. The Morgan fingerprint density at radius 1 is 1.50 bits per heavy atom. The molecule has 3 heteroatoms. The molecule has 1 unspecified atom stereocenters. The lowest BCUT2D eigenvalue weighted by Gasteiger charge is -2.35. The molecule has 0 aromatic carbocycles. The molecular formula is C13H26N2O. The summed E-state index contributed by atoms with van der Waals surface area (Å²) in [5.74, 6) is 0.908. The van der Waals surface area contributed by atoms with Crippen molar-refractivity contribution in [3.8, 4) is 0 Å². The van der Waals surface area contributed by atoms with Crippen molar-refractivity contribution in [3.63, 3.8) is 0 Å². The van der Waals surface area contributed by atoms with Gasteiger partial charge in [0.05, 0.1) is 5.41 Å². The van der Waals surface area contributed by atoms with Gasteiger partial charge in [0, 0.05) is 13.1 Å². The quantitative estimate of drug-likeness (QED) is 0.752. The molecule has 0 aromatic heterocycles. The molecule has 1 aliphatic rings. The van der Waals surface area contributed by atoms with Crippen molar-refractivity contribution in [2.75, 3.05) is 19.6 Å². The van der Waals surface area contributed by atoms with Gasteiger partial charge in [-0.05, 0) is 38.1 Å². The summed E-state index contributed by atoms with van der Waals surface area (Å²) in [5.41, 5.74) is -0.144. The molecule has 1 rings (SSSR count). The Morgan fingerprint density at radius 3 is 2.75 bits per heavy atom. The van der Waals surface area contributed by atoms with Crippen molar-refractivity contribution in [1.29, 1.82) is 0 Å². The Kier molecular flexibility index (Phi) is 5.26. The normalized spacial score (nSPS) is 25.8. The minimum atomic E-state index is -0.144. The molecule has 0 radical (unpaired) electrons. The first kappa shape index (κ1) is 13.5. The maximum absolute atomic E-state index is 12.2. The number of hydrogen-bond acceptors (Lipinski definition) is 2. The Hall–Kier alpha value is -0.570. The van der Waals surface area contributed by atoms with Crippen molar-refractivity contribution in [2.45, 2.75) is 46.5 Å². The zero-order chi connectivity index (χ0) is 12.0. The van der Waals surface area contributed by atoms with Crippen LogP contribution in [0, 0.1) is 11.3 Å². The molecule has 16 heavy (non-hydrogen) atoms. The van der Waals surface area contributed by atoms with Crippen LogP contribution in [0.4, 0.5) is 0 Å². The summed E-state index contributed by atoms with van der Waals surface area (Å²) in [5, 5.41) is 6.44. The summed E-state index contributed by atoms with van der Waals surface area (Å²) < 4.78 is 0. The lowest BCUT2D eigenvalue weighted by molar-refractivity contribution is -0.132. The first-order valence-corrected chi connectivity index (χ1v) is 6.60. The van der Waals surface area contributed by atoms with Gasteiger partial charge in [0.1, 0.15) is 0 Å². The lowest BCUT2D eigenvalue weighted by atomic mass is 9.77. The molecule has 3 nitrogen and oxygen atoms in total. The second kappa shape index (κ2) is 6.24. The number of carbonyl (C=O) groups excluding carboxylic acids is 1. The fraction of sp³-hybridized carbons (Fsp3) is 0.923. The Labute approximate surface area is 99.4 Å². The van der Waals surface area contributed by atoms with Crippen LogP contribution in [0.5, 0.6) is 0 Å². The van der Waals surface area contributed by atoms with Gasteiger partial charge in [-0.2, -0.15) is 0 Å². The molecule has 1 saturated heterocycles. The fourth-order valence-electron chi connectivity index (χ4n) is 2.29. The summed E-state index contributed by atoms with van der Waals surface area (Å²) in [6.45, 7) is 9.21. The third-order valence-corrected chi connectivity index (χ3v) is 3.64. The van der Waals surface area contributed by atoms with Gasteiger partial charge in [0.2, 0.25) is 5.91 Å². The van der Waals surface area contributed by atoms with Crippen LogP contribution in [0.15, 0.2) is 0 Å². The predicted molar refractivity (Wildman–Crippen MR) is 67.3 cm³/mol. The second-order valence-corrected chi connectivity index (χ2v) is 5.35.